The highest BCUT2D eigenvalue weighted by molar-refractivity contribution is 4.98. The molecule has 1 aliphatic heterocycles. The van der Waals surface area contributed by atoms with Gasteiger partial charge in [-0.25, -0.2) is 0 Å². The molecule has 2 bridgehead atoms. The van der Waals surface area contributed by atoms with E-state index in [2.05, 4.69) is 11.9 Å². The first kappa shape index (κ1) is 5.69. The lowest BCUT2D eigenvalue weighted by Crippen LogP contribution is -2.43. The van der Waals surface area contributed by atoms with Gasteiger partial charge in [0.05, 0.1) is 0 Å². The second kappa shape index (κ2) is 1.70. The minimum Gasteiger partial charge on any atom is -0.326 e. The molecule has 2 rings (SSSR count). The standard InChI is InChI=1S/C7H14N2/c1-9-4-5-2-6(8)7(9)3-5/h5-7H,2-4,8H2,1H3/t5?,6-,7+/m1/s1. The first-order valence-electron chi connectivity index (χ1n) is 3.73. The molecule has 1 aliphatic carbocycles. The average Bonchev–Trinajstić information content (AvgIpc) is 2.22. The normalized spacial score (nSPS) is 50.7. The summed E-state index contributed by atoms with van der Waals surface area (Å²) in [5.41, 5.74) is 5.87. The molecule has 0 aromatic carbocycles. The van der Waals surface area contributed by atoms with E-state index in [1.807, 2.05) is 0 Å². The molecule has 2 nitrogen and oxygen atoms in total. The molecule has 2 fully saturated rings. The third-order valence-electron chi connectivity index (χ3n) is 2.79. The van der Waals surface area contributed by atoms with E-state index in [0.717, 1.165) is 12.0 Å². The lowest BCUT2D eigenvalue weighted by atomic mass is 10.1. The predicted octanol–water partition coefficient (Wildman–Crippen LogP) is 0.0377. The van der Waals surface area contributed by atoms with Crippen LogP contribution in [0.5, 0.6) is 0 Å². The molecule has 9 heavy (non-hydrogen) atoms. The Morgan fingerprint density at radius 3 is 2.56 bits per heavy atom. The summed E-state index contributed by atoms with van der Waals surface area (Å²) < 4.78 is 0. The molecule has 2 heteroatoms. The Balaban J connectivity index is 2.13. The fraction of sp³-hybridized carbons (Fsp3) is 1.00. The molecule has 1 saturated carbocycles. The Morgan fingerprint density at radius 1 is 1.44 bits per heavy atom. The fourth-order valence-corrected chi connectivity index (χ4v) is 2.35. The zero-order chi connectivity index (χ0) is 6.43. The van der Waals surface area contributed by atoms with Crippen molar-refractivity contribution in [2.75, 3.05) is 13.6 Å². The molecule has 2 aliphatic rings. The van der Waals surface area contributed by atoms with Crippen molar-refractivity contribution in [1.82, 2.24) is 4.90 Å². The quantitative estimate of drug-likeness (QED) is 0.496. The van der Waals surface area contributed by atoms with Gasteiger partial charge in [-0.3, -0.25) is 0 Å². The summed E-state index contributed by atoms with van der Waals surface area (Å²) in [5.74, 6) is 0.926. The Kier molecular flexibility index (Phi) is 1.08. The van der Waals surface area contributed by atoms with Crippen LogP contribution < -0.4 is 5.73 Å². The maximum Gasteiger partial charge on any atom is 0.0247 e. The van der Waals surface area contributed by atoms with E-state index in [1.165, 1.54) is 19.4 Å². The minimum absolute atomic E-state index is 0.480. The number of likely N-dealkylation sites (tertiary alicyclic amines) is 1. The van der Waals surface area contributed by atoms with Gasteiger partial charge in [0.1, 0.15) is 0 Å². The van der Waals surface area contributed by atoms with Crippen molar-refractivity contribution in [3.63, 3.8) is 0 Å². The maximum absolute atomic E-state index is 5.87. The molecule has 0 radical (unpaired) electrons. The smallest absolute Gasteiger partial charge is 0.0247 e. The van der Waals surface area contributed by atoms with Gasteiger partial charge in [0.2, 0.25) is 0 Å². The Labute approximate surface area is 56.0 Å². The highest BCUT2D eigenvalue weighted by Crippen LogP contribution is 2.35. The third-order valence-corrected chi connectivity index (χ3v) is 2.79. The lowest BCUT2D eigenvalue weighted by Gasteiger charge is -2.26. The number of hydrogen-bond donors (Lipinski definition) is 1. The van der Waals surface area contributed by atoms with Gasteiger partial charge in [0.25, 0.3) is 0 Å². The molecule has 2 N–H and O–H groups in total. The third kappa shape index (κ3) is 0.700. The number of likely N-dealkylation sites (N-methyl/N-ethyl adjacent to an activating group) is 1. The summed E-state index contributed by atoms with van der Waals surface area (Å²) in [6, 6.07) is 1.20. The van der Waals surface area contributed by atoms with Gasteiger partial charge < -0.3 is 10.6 Å². The topological polar surface area (TPSA) is 29.3 Å². The van der Waals surface area contributed by atoms with Crippen LogP contribution in [0.4, 0.5) is 0 Å². The molecule has 0 spiro atoms. The average molecular weight is 126 g/mol. The first-order valence-corrected chi connectivity index (χ1v) is 3.73. The predicted molar refractivity (Wildman–Crippen MR) is 37.1 cm³/mol. The summed E-state index contributed by atoms with van der Waals surface area (Å²) in [6.07, 6.45) is 2.63. The highest BCUT2D eigenvalue weighted by Gasteiger charge is 2.40. The molecule has 0 amide bonds. The summed E-state index contributed by atoms with van der Waals surface area (Å²) in [5, 5.41) is 0. The number of hydrogen-bond acceptors (Lipinski definition) is 2. The van der Waals surface area contributed by atoms with Crippen molar-refractivity contribution >= 4 is 0 Å². The zero-order valence-corrected chi connectivity index (χ0v) is 5.88. The van der Waals surface area contributed by atoms with E-state index < -0.39 is 0 Å². The second-order valence-electron chi connectivity index (χ2n) is 3.51. The van der Waals surface area contributed by atoms with Crippen LogP contribution in [0.25, 0.3) is 0 Å². The molecule has 1 unspecified atom stereocenters. The van der Waals surface area contributed by atoms with Gasteiger partial charge in [-0.05, 0) is 25.8 Å². The fourth-order valence-electron chi connectivity index (χ4n) is 2.35. The van der Waals surface area contributed by atoms with Crippen LogP contribution in [0.1, 0.15) is 12.8 Å². The SMILES string of the molecule is CN1CC2C[C@@H](N)[C@@H]1C2. The summed E-state index contributed by atoms with van der Waals surface area (Å²) in [7, 11) is 2.18. The van der Waals surface area contributed by atoms with E-state index in [1.54, 1.807) is 0 Å². The largest absolute Gasteiger partial charge is 0.326 e. The summed E-state index contributed by atoms with van der Waals surface area (Å²) in [6.45, 7) is 1.29. The maximum atomic E-state index is 5.87. The van der Waals surface area contributed by atoms with Crippen LogP contribution in [0.15, 0.2) is 0 Å². The van der Waals surface area contributed by atoms with Gasteiger partial charge in [-0.1, -0.05) is 0 Å². The molecule has 52 valence electrons. The van der Waals surface area contributed by atoms with E-state index in [-0.39, 0.29) is 0 Å². The minimum atomic E-state index is 0.480. The van der Waals surface area contributed by atoms with E-state index in [4.69, 9.17) is 5.73 Å². The Hall–Kier alpha value is -0.0800. The number of nitrogens with two attached hydrogens (primary N) is 1. The number of rotatable bonds is 0. The molecular weight excluding hydrogens is 112 g/mol. The Bertz CT molecular complexity index is 112. The second-order valence-corrected chi connectivity index (χ2v) is 3.51. The van der Waals surface area contributed by atoms with E-state index in [9.17, 15) is 0 Å². The van der Waals surface area contributed by atoms with Gasteiger partial charge >= 0.3 is 0 Å². The van der Waals surface area contributed by atoms with E-state index >= 15 is 0 Å². The van der Waals surface area contributed by atoms with Crippen molar-refractivity contribution in [2.24, 2.45) is 11.7 Å². The number of fused-ring (bicyclic) bond motifs is 2. The monoisotopic (exact) mass is 126 g/mol. The molecule has 1 saturated heterocycles. The van der Waals surface area contributed by atoms with Gasteiger partial charge in [-0.2, -0.15) is 0 Å². The van der Waals surface area contributed by atoms with E-state index in [0.29, 0.717) is 6.04 Å². The van der Waals surface area contributed by atoms with Crippen molar-refractivity contribution < 1.29 is 0 Å². The molecule has 0 aromatic heterocycles. The van der Waals surface area contributed by atoms with Crippen LogP contribution >= 0.6 is 0 Å². The van der Waals surface area contributed by atoms with Crippen LogP contribution in [0.3, 0.4) is 0 Å². The van der Waals surface area contributed by atoms with Crippen molar-refractivity contribution in [3.8, 4) is 0 Å². The summed E-state index contributed by atoms with van der Waals surface area (Å²) in [4.78, 5) is 2.40. The van der Waals surface area contributed by atoms with Crippen molar-refractivity contribution in [3.05, 3.63) is 0 Å². The van der Waals surface area contributed by atoms with Gasteiger partial charge in [0, 0.05) is 18.6 Å². The van der Waals surface area contributed by atoms with Crippen LogP contribution in [-0.2, 0) is 0 Å². The highest BCUT2D eigenvalue weighted by atomic mass is 15.2. The van der Waals surface area contributed by atoms with Crippen LogP contribution in [0.2, 0.25) is 0 Å². The van der Waals surface area contributed by atoms with Gasteiger partial charge in [-0.15, -0.1) is 0 Å². The van der Waals surface area contributed by atoms with Crippen LogP contribution in [-0.4, -0.2) is 30.6 Å². The zero-order valence-electron chi connectivity index (χ0n) is 5.88. The molecular formula is C7H14N2. The van der Waals surface area contributed by atoms with Crippen molar-refractivity contribution in [1.29, 1.82) is 0 Å². The van der Waals surface area contributed by atoms with Crippen LogP contribution in [0, 0.1) is 5.92 Å². The van der Waals surface area contributed by atoms with Crippen molar-refractivity contribution in [2.45, 2.75) is 24.9 Å². The summed E-state index contributed by atoms with van der Waals surface area (Å²) >= 11 is 0. The molecule has 0 aromatic rings. The molecule has 3 atom stereocenters. The lowest BCUT2D eigenvalue weighted by molar-refractivity contribution is 0.235. The number of nitrogens with zero attached hydrogens (tertiary/aromatic N) is 1. The number of piperidine rings is 1. The van der Waals surface area contributed by atoms with Gasteiger partial charge in [0.15, 0.2) is 0 Å². The molecule has 1 heterocycles. The first-order chi connectivity index (χ1) is 4.27. The Morgan fingerprint density at radius 2 is 2.22 bits per heavy atom.